The van der Waals surface area contributed by atoms with E-state index in [1.807, 2.05) is 0 Å². The molecule has 1 aromatic rings. The number of rotatable bonds is 4. The molecule has 0 unspecified atom stereocenters. The van der Waals surface area contributed by atoms with Gasteiger partial charge in [-0.3, -0.25) is 4.79 Å². The van der Waals surface area contributed by atoms with Gasteiger partial charge in [0.1, 0.15) is 11.5 Å². The van der Waals surface area contributed by atoms with Gasteiger partial charge in [-0.25, -0.2) is 4.79 Å². The molecule has 0 amide bonds. The minimum atomic E-state index is -0.413. The van der Waals surface area contributed by atoms with E-state index in [1.165, 1.54) is 24.3 Å². The molecular formula is C10H11ClO4S. The van der Waals surface area contributed by atoms with E-state index in [-0.39, 0.29) is 12.6 Å². The average Bonchev–Trinajstić information content (AvgIpc) is 2.57. The molecular weight excluding hydrogens is 252 g/mol. The quantitative estimate of drug-likeness (QED) is 0.783. The molecule has 0 spiro atoms. The lowest BCUT2D eigenvalue weighted by molar-refractivity contribution is -0.142. The van der Waals surface area contributed by atoms with Crippen molar-refractivity contribution in [3.63, 3.8) is 0 Å². The maximum Gasteiger partial charge on any atom is 0.348 e. The summed E-state index contributed by atoms with van der Waals surface area (Å²) >= 11 is 7.05. The van der Waals surface area contributed by atoms with Gasteiger partial charge in [0.05, 0.1) is 16.5 Å². The first kappa shape index (κ1) is 13.0. The van der Waals surface area contributed by atoms with E-state index in [1.54, 1.807) is 6.92 Å². The van der Waals surface area contributed by atoms with Gasteiger partial charge in [-0.05, 0) is 13.0 Å². The van der Waals surface area contributed by atoms with Crippen LogP contribution in [0.1, 0.15) is 28.4 Å². The van der Waals surface area contributed by atoms with Crippen LogP contribution in [0.5, 0.6) is 0 Å². The summed E-state index contributed by atoms with van der Waals surface area (Å²) in [4.78, 5) is 23.0. The topological polar surface area (TPSA) is 52.6 Å². The highest BCUT2D eigenvalue weighted by Gasteiger charge is 2.15. The summed E-state index contributed by atoms with van der Waals surface area (Å²) in [6.07, 6.45) is 0. The van der Waals surface area contributed by atoms with Gasteiger partial charge in [-0.1, -0.05) is 11.6 Å². The van der Waals surface area contributed by atoms with Crippen LogP contribution < -0.4 is 0 Å². The third kappa shape index (κ3) is 3.50. The molecule has 0 aliphatic heterocycles. The fraction of sp³-hybridized carbons (Fsp3) is 0.400. The van der Waals surface area contributed by atoms with Gasteiger partial charge in [0.25, 0.3) is 0 Å². The van der Waals surface area contributed by atoms with Crippen molar-refractivity contribution in [2.24, 2.45) is 0 Å². The van der Waals surface area contributed by atoms with Crippen molar-refractivity contribution in [2.45, 2.75) is 20.5 Å². The molecule has 16 heavy (non-hydrogen) atoms. The lowest BCUT2D eigenvalue weighted by atomic mass is 10.4. The van der Waals surface area contributed by atoms with Crippen molar-refractivity contribution in [3.05, 3.63) is 20.8 Å². The minimum absolute atomic E-state index is 0.0816. The Balaban J connectivity index is 2.73. The Kier molecular flexibility index (Phi) is 4.76. The SMILES string of the molecule is CCOC(=O)c1cc(Cl)c(COC(C)=O)s1. The molecule has 1 rings (SSSR count). The van der Waals surface area contributed by atoms with E-state index in [2.05, 4.69) is 0 Å². The normalized spacial score (nSPS) is 9.94. The van der Waals surface area contributed by atoms with Crippen LogP contribution in [0.3, 0.4) is 0 Å². The number of carbonyl (C=O) groups excluding carboxylic acids is 2. The number of ether oxygens (including phenoxy) is 2. The van der Waals surface area contributed by atoms with E-state index in [0.29, 0.717) is 21.4 Å². The van der Waals surface area contributed by atoms with Gasteiger partial charge in [0, 0.05) is 6.92 Å². The first-order valence-electron chi connectivity index (χ1n) is 4.63. The predicted molar refractivity (Wildman–Crippen MR) is 60.8 cm³/mol. The fourth-order valence-electron chi connectivity index (χ4n) is 0.975. The van der Waals surface area contributed by atoms with Gasteiger partial charge in [-0.2, -0.15) is 0 Å². The molecule has 88 valence electrons. The number of halogens is 1. The van der Waals surface area contributed by atoms with Crippen LogP contribution in [0.4, 0.5) is 0 Å². The predicted octanol–water partition coefficient (Wildman–Crippen LogP) is 2.64. The zero-order valence-electron chi connectivity index (χ0n) is 8.91. The zero-order chi connectivity index (χ0) is 12.1. The van der Waals surface area contributed by atoms with Gasteiger partial charge in [-0.15, -0.1) is 11.3 Å². The minimum Gasteiger partial charge on any atom is -0.462 e. The number of hydrogen-bond donors (Lipinski definition) is 0. The molecule has 0 saturated heterocycles. The standard InChI is InChI=1S/C10H11ClO4S/c1-3-14-10(13)8-4-7(11)9(16-8)5-15-6(2)12/h4H,3,5H2,1-2H3. The maximum absolute atomic E-state index is 11.4. The number of esters is 2. The van der Waals surface area contributed by atoms with E-state index in [9.17, 15) is 9.59 Å². The third-order valence-electron chi connectivity index (χ3n) is 1.64. The summed E-state index contributed by atoms with van der Waals surface area (Å²) < 4.78 is 9.62. The second kappa shape index (κ2) is 5.86. The molecule has 0 atom stereocenters. The molecule has 0 fully saturated rings. The highest BCUT2D eigenvalue weighted by molar-refractivity contribution is 7.14. The van der Waals surface area contributed by atoms with Crippen molar-refractivity contribution in [1.29, 1.82) is 0 Å². The van der Waals surface area contributed by atoms with Crippen molar-refractivity contribution in [3.8, 4) is 0 Å². The molecule has 0 radical (unpaired) electrons. The summed E-state index contributed by atoms with van der Waals surface area (Å²) in [5, 5.41) is 0.411. The zero-order valence-corrected chi connectivity index (χ0v) is 10.5. The van der Waals surface area contributed by atoms with Crippen LogP contribution >= 0.6 is 22.9 Å². The van der Waals surface area contributed by atoms with Crippen molar-refractivity contribution in [1.82, 2.24) is 0 Å². The van der Waals surface area contributed by atoms with Gasteiger partial charge < -0.3 is 9.47 Å². The van der Waals surface area contributed by atoms with E-state index >= 15 is 0 Å². The number of carbonyl (C=O) groups is 2. The Morgan fingerprint density at radius 3 is 2.69 bits per heavy atom. The monoisotopic (exact) mass is 262 g/mol. The molecule has 6 heteroatoms. The Morgan fingerprint density at radius 1 is 1.44 bits per heavy atom. The maximum atomic E-state index is 11.4. The summed E-state index contributed by atoms with van der Waals surface area (Å²) in [5.74, 6) is -0.800. The second-order valence-corrected chi connectivity index (χ2v) is 4.43. The van der Waals surface area contributed by atoms with Gasteiger partial charge >= 0.3 is 11.9 Å². The van der Waals surface area contributed by atoms with Crippen molar-refractivity contribution >= 4 is 34.9 Å². The Hall–Kier alpha value is -1.07. The average molecular weight is 263 g/mol. The summed E-state index contributed by atoms with van der Waals surface area (Å²) in [6.45, 7) is 3.44. The lowest BCUT2D eigenvalue weighted by Gasteiger charge is -1.98. The van der Waals surface area contributed by atoms with E-state index in [0.717, 1.165) is 0 Å². The summed E-state index contributed by atoms with van der Waals surface area (Å²) in [6, 6.07) is 1.52. The van der Waals surface area contributed by atoms with Crippen LogP contribution in [-0.2, 0) is 20.9 Å². The van der Waals surface area contributed by atoms with Crippen LogP contribution in [0.15, 0.2) is 6.07 Å². The van der Waals surface area contributed by atoms with Crippen LogP contribution in [0, 0.1) is 0 Å². The molecule has 4 nitrogen and oxygen atoms in total. The molecule has 1 aromatic heterocycles. The fourth-order valence-corrected chi connectivity index (χ4v) is 2.18. The molecule has 0 aromatic carbocycles. The molecule has 1 heterocycles. The van der Waals surface area contributed by atoms with Crippen molar-refractivity contribution < 1.29 is 19.1 Å². The van der Waals surface area contributed by atoms with Crippen LogP contribution in [-0.4, -0.2) is 18.5 Å². The third-order valence-corrected chi connectivity index (χ3v) is 3.18. The first-order chi connectivity index (χ1) is 7.54. The van der Waals surface area contributed by atoms with E-state index < -0.39 is 5.97 Å². The van der Waals surface area contributed by atoms with Gasteiger partial charge in [0.15, 0.2) is 0 Å². The molecule has 0 N–H and O–H groups in total. The molecule has 0 aliphatic carbocycles. The summed E-state index contributed by atoms with van der Waals surface area (Å²) in [5.41, 5.74) is 0. The number of hydrogen-bond acceptors (Lipinski definition) is 5. The Labute approximate surface area is 102 Å². The Bertz CT molecular complexity index is 400. The molecule has 0 saturated carbocycles. The van der Waals surface area contributed by atoms with E-state index in [4.69, 9.17) is 21.1 Å². The highest BCUT2D eigenvalue weighted by Crippen LogP contribution is 2.28. The number of thiophene rings is 1. The Morgan fingerprint density at radius 2 is 2.12 bits per heavy atom. The molecule has 0 bridgehead atoms. The molecule has 0 aliphatic rings. The van der Waals surface area contributed by atoms with Crippen molar-refractivity contribution in [2.75, 3.05) is 6.61 Å². The second-order valence-electron chi connectivity index (χ2n) is 2.88. The summed E-state index contributed by atoms with van der Waals surface area (Å²) in [7, 11) is 0. The van der Waals surface area contributed by atoms with Gasteiger partial charge in [0.2, 0.25) is 0 Å². The van der Waals surface area contributed by atoms with Crippen LogP contribution in [0.2, 0.25) is 5.02 Å². The first-order valence-corrected chi connectivity index (χ1v) is 5.82. The van der Waals surface area contributed by atoms with Crippen LogP contribution in [0.25, 0.3) is 0 Å². The highest BCUT2D eigenvalue weighted by atomic mass is 35.5. The smallest absolute Gasteiger partial charge is 0.348 e. The lowest BCUT2D eigenvalue weighted by Crippen LogP contribution is -2.01. The largest absolute Gasteiger partial charge is 0.462 e.